The Hall–Kier alpha value is -0.610. The standard InChI is InChI=1S/C12H25N3O/c1-9(2)8-15(3)7-6-10-4-5-11(14-10)12(13)16/h9-11,14H,4-8H2,1-3H3,(H2,13,16). The van der Waals surface area contributed by atoms with Crippen LogP contribution in [0.1, 0.15) is 33.1 Å². The van der Waals surface area contributed by atoms with Gasteiger partial charge in [0.05, 0.1) is 6.04 Å². The van der Waals surface area contributed by atoms with Crippen LogP contribution in [0.3, 0.4) is 0 Å². The molecule has 1 aliphatic heterocycles. The van der Waals surface area contributed by atoms with Gasteiger partial charge in [0.2, 0.25) is 5.91 Å². The molecule has 0 aliphatic carbocycles. The van der Waals surface area contributed by atoms with Gasteiger partial charge in [-0.3, -0.25) is 4.79 Å². The van der Waals surface area contributed by atoms with Crippen molar-refractivity contribution < 1.29 is 4.79 Å². The van der Waals surface area contributed by atoms with Crippen LogP contribution in [0.4, 0.5) is 0 Å². The molecule has 0 aromatic rings. The minimum absolute atomic E-state index is 0.0968. The van der Waals surface area contributed by atoms with Gasteiger partial charge in [0.1, 0.15) is 0 Å². The molecule has 2 atom stereocenters. The molecule has 1 heterocycles. The zero-order chi connectivity index (χ0) is 12.1. The fraction of sp³-hybridized carbons (Fsp3) is 0.917. The molecule has 1 saturated heterocycles. The van der Waals surface area contributed by atoms with Crippen molar-refractivity contribution in [1.82, 2.24) is 10.2 Å². The highest BCUT2D eigenvalue weighted by atomic mass is 16.1. The Morgan fingerprint density at radius 2 is 2.19 bits per heavy atom. The number of nitrogens with zero attached hydrogens (tertiary/aromatic N) is 1. The molecule has 16 heavy (non-hydrogen) atoms. The number of nitrogens with two attached hydrogens (primary N) is 1. The Labute approximate surface area is 98.6 Å². The van der Waals surface area contributed by atoms with E-state index in [2.05, 4.69) is 31.1 Å². The van der Waals surface area contributed by atoms with Crippen LogP contribution in [-0.4, -0.2) is 43.0 Å². The third-order valence-electron chi connectivity index (χ3n) is 3.12. The second-order valence-corrected chi connectivity index (χ2v) is 5.34. The Bertz CT molecular complexity index is 230. The number of primary amides is 1. The number of carbonyl (C=O) groups excluding carboxylic acids is 1. The van der Waals surface area contributed by atoms with Crippen LogP contribution >= 0.6 is 0 Å². The second-order valence-electron chi connectivity index (χ2n) is 5.34. The summed E-state index contributed by atoms with van der Waals surface area (Å²) in [6, 6.07) is 0.368. The molecular weight excluding hydrogens is 202 g/mol. The molecule has 0 aromatic carbocycles. The number of hydrogen-bond acceptors (Lipinski definition) is 3. The molecule has 3 N–H and O–H groups in total. The molecule has 1 rings (SSSR count). The Kier molecular flexibility index (Phi) is 5.22. The minimum atomic E-state index is -0.210. The van der Waals surface area contributed by atoms with Crippen molar-refractivity contribution in [2.75, 3.05) is 20.1 Å². The fourth-order valence-electron chi connectivity index (χ4n) is 2.36. The molecule has 0 spiro atoms. The van der Waals surface area contributed by atoms with E-state index in [9.17, 15) is 4.79 Å². The zero-order valence-corrected chi connectivity index (χ0v) is 10.7. The quantitative estimate of drug-likeness (QED) is 0.697. The van der Waals surface area contributed by atoms with Crippen LogP contribution < -0.4 is 11.1 Å². The number of carbonyl (C=O) groups is 1. The van der Waals surface area contributed by atoms with E-state index in [0.29, 0.717) is 12.0 Å². The van der Waals surface area contributed by atoms with Gasteiger partial charge in [-0.05, 0) is 38.8 Å². The molecule has 1 fully saturated rings. The first-order valence-corrected chi connectivity index (χ1v) is 6.23. The minimum Gasteiger partial charge on any atom is -0.368 e. The van der Waals surface area contributed by atoms with Gasteiger partial charge in [0.15, 0.2) is 0 Å². The lowest BCUT2D eigenvalue weighted by Crippen LogP contribution is -2.40. The van der Waals surface area contributed by atoms with Crippen molar-refractivity contribution >= 4 is 5.91 Å². The second kappa shape index (κ2) is 6.21. The summed E-state index contributed by atoms with van der Waals surface area (Å²) in [6.07, 6.45) is 3.07. The number of rotatable bonds is 6. The van der Waals surface area contributed by atoms with Gasteiger partial charge < -0.3 is 16.0 Å². The Morgan fingerprint density at radius 1 is 1.50 bits per heavy atom. The van der Waals surface area contributed by atoms with Crippen LogP contribution in [0, 0.1) is 5.92 Å². The highest BCUT2D eigenvalue weighted by molar-refractivity contribution is 5.80. The molecule has 4 nitrogen and oxygen atoms in total. The zero-order valence-electron chi connectivity index (χ0n) is 10.7. The summed E-state index contributed by atoms with van der Waals surface area (Å²) in [5.41, 5.74) is 5.27. The summed E-state index contributed by atoms with van der Waals surface area (Å²) < 4.78 is 0. The first-order valence-electron chi connectivity index (χ1n) is 6.23. The number of amides is 1. The largest absolute Gasteiger partial charge is 0.368 e. The van der Waals surface area contributed by atoms with Crippen molar-refractivity contribution in [1.29, 1.82) is 0 Å². The van der Waals surface area contributed by atoms with Crippen molar-refractivity contribution in [3.63, 3.8) is 0 Å². The van der Waals surface area contributed by atoms with Gasteiger partial charge in [0, 0.05) is 12.6 Å². The van der Waals surface area contributed by atoms with Crippen LogP contribution in [0.25, 0.3) is 0 Å². The highest BCUT2D eigenvalue weighted by Gasteiger charge is 2.27. The molecule has 2 unspecified atom stereocenters. The van der Waals surface area contributed by atoms with Crippen LogP contribution in [0.5, 0.6) is 0 Å². The van der Waals surface area contributed by atoms with E-state index in [1.165, 1.54) is 0 Å². The summed E-state index contributed by atoms with van der Waals surface area (Å²) in [6.45, 7) is 6.67. The third-order valence-corrected chi connectivity index (χ3v) is 3.12. The molecular formula is C12H25N3O. The van der Waals surface area contributed by atoms with Crippen molar-refractivity contribution in [3.8, 4) is 0 Å². The number of nitrogens with one attached hydrogen (secondary N) is 1. The lowest BCUT2D eigenvalue weighted by atomic mass is 10.1. The van der Waals surface area contributed by atoms with Crippen LogP contribution in [0.15, 0.2) is 0 Å². The van der Waals surface area contributed by atoms with E-state index in [4.69, 9.17) is 5.73 Å². The smallest absolute Gasteiger partial charge is 0.234 e. The summed E-state index contributed by atoms with van der Waals surface area (Å²) in [4.78, 5) is 13.3. The molecule has 0 aromatic heterocycles. The molecule has 94 valence electrons. The van der Waals surface area contributed by atoms with E-state index < -0.39 is 0 Å². The summed E-state index contributed by atoms with van der Waals surface area (Å²) in [7, 11) is 2.15. The number of hydrogen-bond donors (Lipinski definition) is 2. The molecule has 0 radical (unpaired) electrons. The maximum atomic E-state index is 11.0. The van der Waals surface area contributed by atoms with Gasteiger partial charge >= 0.3 is 0 Å². The topological polar surface area (TPSA) is 58.4 Å². The molecule has 0 bridgehead atoms. The monoisotopic (exact) mass is 227 g/mol. The van der Waals surface area contributed by atoms with Gasteiger partial charge in [-0.1, -0.05) is 13.8 Å². The van der Waals surface area contributed by atoms with Crippen molar-refractivity contribution in [3.05, 3.63) is 0 Å². The van der Waals surface area contributed by atoms with E-state index in [0.717, 1.165) is 32.4 Å². The summed E-state index contributed by atoms with van der Waals surface area (Å²) in [5.74, 6) is 0.498. The molecule has 4 heteroatoms. The highest BCUT2D eigenvalue weighted by Crippen LogP contribution is 2.15. The maximum Gasteiger partial charge on any atom is 0.234 e. The van der Waals surface area contributed by atoms with Gasteiger partial charge in [-0.2, -0.15) is 0 Å². The molecule has 1 aliphatic rings. The SMILES string of the molecule is CC(C)CN(C)CCC1CCC(C(N)=O)N1. The first kappa shape index (κ1) is 13.5. The van der Waals surface area contributed by atoms with E-state index in [-0.39, 0.29) is 11.9 Å². The van der Waals surface area contributed by atoms with Crippen molar-refractivity contribution in [2.45, 2.75) is 45.2 Å². The first-order chi connectivity index (χ1) is 7.49. The third kappa shape index (κ3) is 4.49. The van der Waals surface area contributed by atoms with Gasteiger partial charge in [-0.25, -0.2) is 0 Å². The van der Waals surface area contributed by atoms with Gasteiger partial charge in [0.25, 0.3) is 0 Å². The molecule has 1 amide bonds. The Balaban J connectivity index is 2.17. The summed E-state index contributed by atoms with van der Waals surface area (Å²) in [5, 5.41) is 3.30. The lowest BCUT2D eigenvalue weighted by Gasteiger charge is -2.21. The van der Waals surface area contributed by atoms with Crippen molar-refractivity contribution in [2.24, 2.45) is 11.7 Å². The van der Waals surface area contributed by atoms with Gasteiger partial charge in [-0.15, -0.1) is 0 Å². The van der Waals surface area contributed by atoms with Crippen LogP contribution in [-0.2, 0) is 4.79 Å². The van der Waals surface area contributed by atoms with E-state index >= 15 is 0 Å². The Morgan fingerprint density at radius 3 is 2.69 bits per heavy atom. The van der Waals surface area contributed by atoms with E-state index in [1.54, 1.807) is 0 Å². The predicted octanol–water partition coefficient (Wildman–Crippen LogP) is 0.570. The fourth-order valence-corrected chi connectivity index (χ4v) is 2.36. The average Bonchev–Trinajstić information content (AvgIpc) is 2.61. The predicted molar refractivity (Wildman–Crippen MR) is 66.1 cm³/mol. The lowest BCUT2D eigenvalue weighted by molar-refractivity contribution is -0.119. The molecule has 0 saturated carbocycles. The average molecular weight is 227 g/mol. The van der Waals surface area contributed by atoms with Crippen LogP contribution in [0.2, 0.25) is 0 Å². The van der Waals surface area contributed by atoms with E-state index in [1.807, 2.05) is 0 Å². The summed E-state index contributed by atoms with van der Waals surface area (Å²) >= 11 is 0. The maximum absolute atomic E-state index is 11.0. The normalized spacial score (nSPS) is 25.6.